The van der Waals surface area contributed by atoms with E-state index in [-0.39, 0.29) is 10.7 Å². The Kier molecular flexibility index (Phi) is 3.55. The van der Waals surface area contributed by atoms with Crippen molar-refractivity contribution in [2.75, 3.05) is 13.2 Å². The highest BCUT2D eigenvalue weighted by atomic mass is 32.1. The van der Waals surface area contributed by atoms with Gasteiger partial charge in [0.15, 0.2) is 5.13 Å². The molecule has 0 aromatic carbocycles. The Balaban J connectivity index is 1.59. The predicted molar refractivity (Wildman–Crippen MR) is 83.7 cm³/mol. The lowest BCUT2D eigenvalue weighted by Crippen LogP contribution is -2.50. The van der Waals surface area contributed by atoms with Crippen molar-refractivity contribution in [3.8, 4) is 0 Å². The molecule has 6 heteroatoms. The van der Waals surface area contributed by atoms with E-state index in [9.17, 15) is 4.39 Å². The average Bonchev–Trinajstić information content (AvgIpc) is 3.06. The summed E-state index contributed by atoms with van der Waals surface area (Å²) in [6.07, 6.45) is 5.47. The average molecular weight is 321 g/mol. The van der Waals surface area contributed by atoms with Crippen LogP contribution in [0.15, 0.2) is 12.3 Å². The summed E-state index contributed by atoms with van der Waals surface area (Å²) in [4.78, 5) is 1.12. The number of nitrogens with one attached hydrogen (secondary N) is 2. The molecule has 1 spiro atoms. The van der Waals surface area contributed by atoms with Gasteiger partial charge in [-0.15, -0.1) is 11.3 Å². The highest BCUT2D eigenvalue weighted by Crippen LogP contribution is 2.45. The lowest BCUT2D eigenvalue weighted by atomic mass is 9.81. The standard InChI is InChI=1S/C16H20FN3OS/c1-10-12(9-19-20-10)6-13-8-16(3-4-18-13)15-11(2-5-21-16)7-14(17)22-15/h7,9,13,18H,2-6,8H2,1H3,(H,19,20)/t13-,16?/m1/s1. The minimum Gasteiger partial charge on any atom is -0.369 e. The molecule has 1 fully saturated rings. The van der Waals surface area contributed by atoms with Gasteiger partial charge in [0.05, 0.1) is 12.8 Å². The minimum atomic E-state index is -0.295. The van der Waals surface area contributed by atoms with Crippen molar-refractivity contribution >= 4 is 11.3 Å². The van der Waals surface area contributed by atoms with Gasteiger partial charge in [-0.25, -0.2) is 0 Å². The van der Waals surface area contributed by atoms with Gasteiger partial charge >= 0.3 is 0 Å². The molecule has 0 saturated carbocycles. The summed E-state index contributed by atoms with van der Waals surface area (Å²) in [6.45, 7) is 3.64. The van der Waals surface area contributed by atoms with Crippen molar-refractivity contribution in [2.24, 2.45) is 0 Å². The van der Waals surface area contributed by atoms with E-state index < -0.39 is 0 Å². The third-order valence-corrected chi connectivity index (χ3v) is 6.03. The maximum absolute atomic E-state index is 13.7. The number of piperidine rings is 1. The van der Waals surface area contributed by atoms with Crippen LogP contribution in [0.4, 0.5) is 4.39 Å². The van der Waals surface area contributed by atoms with Crippen molar-refractivity contribution in [3.05, 3.63) is 39.1 Å². The van der Waals surface area contributed by atoms with E-state index in [1.807, 2.05) is 13.1 Å². The molecule has 2 N–H and O–H groups in total. The highest BCUT2D eigenvalue weighted by molar-refractivity contribution is 7.10. The quantitative estimate of drug-likeness (QED) is 0.894. The zero-order chi connectivity index (χ0) is 15.2. The van der Waals surface area contributed by atoms with Crippen molar-refractivity contribution in [1.29, 1.82) is 0 Å². The lowest BCUT2D eigenvalue weighted by molar-refractivity contribution is -0.0862. The molecule has 2 aromatic heterocycles. The molecular weight excluding hydrogens is 301 g/mol. The number of H-pyrrole nitrogens is 1. The van der Waals surface area contributed by atoms with Crippen molar-refractivity contribution in [1.82, 2.24) is 15.5 Å². The summed E-state index contributed by atoms with van der Waals surface area (Å²) < 4.78 is 19.9. The van der Waals surface area contributed by atoms with E-state index in [4.69, 9.17) is 4.74 Å². The number of aromatic nitrogens is 2. The van der Waals surface area contributed by atoms with Crippen LogP contribution in [-0.2, 0) is 23.2 Å². The van der Waals surface area contributed by atoms with Gasteiger partial charge in [-0.3, -0.25) is 5.10 Å². The molecule has 118 valence electrons. The fourth-order valence-corrected chi connectivity index (χ4v) is 4.89. The Labute approximate surface area is 133 Å². The number of thiophene rings is 1. The molecule has 4 nitrogen and oxygen atoms in total. The van der Waals surface area contributed by atoms with Crippen LogP contribution < -0.4 is 5.32 Å². The molecule has 1 saturated heterocycles. The zero-order valence-electron chi connectivity index (χ0n) is 12.6. The van der Waals surface area contributed by atoms with Gasteiger partial charge in [0, 0.05) is 16.6 Å². The third kappa shape index (κ3) is 2.39. The second kappa shape index (κ2) is 5.44. The van der Waals surface area contributed by atoms with Crippen LogP contribution in [0, 0.1) is 12.1 Å². The molecule has 1 unspecified atom stereocenters. The first kappa shape index (κ1) is 14.4. The van der Waals surface area contributed by atoms with Gasteiger partial charge in [-0.1, -0.05) is 0 Å². The second-order valence-corrected chi connectivity index (χ2v) is 7.33. The maximum atomic E-state index is 13.7. The first-order valence-electron chi connectivity index (χ1n) is 7.81. The van der Waals surface area contributed by atoms with Gasteiger partial charge in [0.25, 0.3) is 0 Å². The monoisotopic (exact) mass is 321 g/mol. The van der Waals surface area contributed by atoms with Crippen molar-refractivity contribution < 1.29 is 9.13 Å². The summed E-state index contributed by atoms with van der Waals surface area (Å²) in [7, 11) is 0. The molecule has 4 rings (SSSR count). The van der Waals surface area contributed by atoms with Crippen LogP contribution in [0.3, 0.4) is 0 Å². The van der Waals surface area contributed by atoms with E-state index in [0.29, 0.717) is 12.6 Å². The predicted octanol–water partition coefficient (Wildman–Crippen LogP) is 2.68. The summed E-state index contributed by atoms with van der Waals surface area (Å²) in [5.41, 5.74) is 3.21. The summed E-state index contributed by atoms with van der Waals surface area (Å²) in [5.74, 6) is 0. The van der Waals surface area contributed by atoms with Gasteiger partial charge in [0.2, 0.25) is 0 Å². The number of aryl methyl sites for hydroxylation is 1. The van der Waals surface area contributed by atoms with E-state index in [1.165, 1.54) is 16.9 Å². The smallest absolute Gasteiger partial charge is 0.177 e. The van der Waals surface area contributed by atoms with Gasteiger partial charge in [-0.2, -0.15) is 9.49 Å². The number of nitrogens with zero attached hydrogens (tertiary/aromatic N) is 1. The molecule has 2 aromatic rings. The fraction of sp³-hybridized carbons (Fsp3) is 0.562. The first-order valence-corrected chi connectivity index (χ1v) is 8.63. The SMILES string of the molecule is Cc1[nH]ncc1C[C@@H]1CC2(CCN1)OCCc1cc(F)sc12. The van der Waals surface area contributed by atoms with Crippen molar-refractivity contribution in [3.63, 3.8) is 0 Å². The number of aromatic amines is 1. The summed E-state index contributed by atoms with van der Waals surface area (Å²) in [6, 6.07) is 2.03. The molecule has 0 bridgehead atoms. The molecule has 2 atom stereocenters. The topological polar surface area (TPSA) is 49.9 Å². The molecule has 0 aliphatic carbocycles. The van der Waals surface area contributed by atoms with Crippen LogP contribution in [0.1, 0.15) is 34.5 Å². The van der Waals surface area contributed by atoms with Gasteiger partial charge in [-0.05, 0) is 56.3 Å². The third-order valence-electron chi connectivity index (χ3n) is 4.88. The van der Waals surface area contributed by atoms with E-state index in [2.05, 4.69) is 15.5 Å². The maximum Gasteiger partial charge on any atom is 0.177 e. The zero-order valence-corrected chi connectivity index (χ0v) is 13.4. The Morgan fingerprint density at radius 2 is 2.45 bits per heavy atom. The summed E-state index contributed by atoms with van der Waals surface area (Å²) >= 11 is 1.27. The first-order chi connectivity index (χ1) is 10.7. The largest absolute Gasteiger partial charge is 0.369 e. The Bertz CT molecular complexity index is 683. The van der Waals surface area contributed by atoms with Crippen LogP contribution in [-0.4, -0.2) is 29.4 Å². The van der Waals surface area contributed by atoms with Crippen LogP contribution in [0.25, 0.3) is 0 Å². The second-order valence-electron chi connectivity index (χ2n) is 6.33. The molecule has 4 heterocycles. The van der Waals surface area contributed by atoms with Gasteiger partial charge < -0.3 is 10.1 Å². The fourth-order valence-electron chi connectivity index (χ4n) is 3.77. The number of halogens is 1. The molecular formula is C16H20FN3OS. The number of rotatable bonds is 2. The molecule has 2 aliphatic rings. The van der Waals surface area contributed by atoms with Gasteiger partial charge in [0.1, 0.15) is 5.60 Å². The van der Waals surface area contributed by atoms with Crippen molar-refractivity contribution in [2.45, 2.75) is 44.2 Å². The Morgan fingerprint density at radius 3 is 3.27 bits per heavy atom. The normalized spacial score (nSPS) is 28.0. The van der Waals surface area contributed by atoms with Crippen LogP contribution >= 0.6 is 11.3 Å². The van der Waals surface area contributed by atoms with Crippen LogP contribution in [0.2, 0.25) is 0 Å². The molecule has 22 heavy (non-hydrogen) atoms. The van der Waals surface area contributed by atoms with E-state index in [1.54, 1.807) is 6.07 Å². The lowest BCUT2D eigenvalue weighted by Gasteiger charge is -2.43. The number of hydrogen-bond acceptors (Lipinski definition) is 4. The molecule has 0 amide bonds. The van der Waals surface area contributed by atoms with Crippen LogP contribution in [0.5, 0.6) is 0 Å². The van der Waals surface area contributed by atoms with E-state index in [0.717, 1.165) is 48.4 Å². The molecule has 2 aliphatic heterocycles. The molecule has 0 radical (unpaired) electrons. The minimum absolute atomic E-state index is 0.0874. The highest BCUT2D eigenvalue weighted by Gasteiger charge is 2.43. The number of ether oxygens (including phenoxy) is 1. The van der Waals surface area contributed by atoms with E-state index >= 15 is 0 Å². The Morgan fingerprint density at radius 1 is 1.55 bits per heavy atom. The Hall–Kier alpha value is -1.24. The summed E-state index contributed by atoms with van der Waals surface area (Å²) in [5, 5.41) is 10.6. The number of fused-ring (bicyclic) bond motifs is 2. The number of hydrogen-bond donors (Lipinski definition) is 2.